The molecule has 0 aromatic heterocycles. The maximum atomic E-state index is 6.36. The van der Waals surface area contributed by atoms with E-state index in [0.29, 0.717) is 5.54 Å². The Kier molecular flexibility index (Phi) is 5.23. The van der Waals surface area contributed by atoms with Crippen molar-refractivity contribution in [2.75, 3.05) is 39.3 Å². The molecular formula is C18H35N3. The van der Waals surface area contributed by atoms with E-state index in [0.717, 1.165) is 18.4 Å². The third-order valence-corrected chi connectivity index (χ3v) is 5.95. The minimum Gasteiger partial charge on any atom is -0.329 e. The van der Waals surface area contributed by atoms with E-state index in [9.17, 15) is 0 Å². The lowest BCUT2D eigenvalue weighted by atomic mass is 9.87. The summed E-state index contributed by atoms with van der Waals surface area (Å²) in [6.45, 7) is 9.65. The van der Waals surface area contributed by atoms with Crippen LogP contribution in [0.4, 0.5) is 0 Å². The first-order valence-corrected chi connectivity index (χ1v) is 9.43. The van der Waals surface area contributed by atoms with E-state index in [1.807, 2.05) is 0 Å². The molecule has 3 aliphatic rings. The highest BCUT2D eigenvalue weighted by Gasteiger charge is 2.41. The van der Waals surface area contributed by atoms with Gasteiger partial charge in [0.1, 0.15) is 0 Å². The number of likely N-dealkylation sites (tertiary alicyclic amines) is 1. The fourth-order valence-electron chi connectivity index (χ4n) is 4.11. The van der Waals surface area contributed by atoms with Crippen LogP contribution >= 0.6 is 0 Å². The highest BCUT2D eigenvalue weighted by atomic mass is 15.2. The van der Waals surface area contributed by atoms with Crippen molar-refractivity contribution >= 4 is 0 Å². The molecule has 0 bridgehead atoms. The van der Waals surface area contributed by atoms with Crippen molar-refractivity contribution in [2.45, 2.75) is 63.8 Å². The van der Waals surface area contributed by atoms with Gasteiger partial charge in [-0.1, -0.05) is 6.92 Å². The average Bonchev–Trinajstić information content (AvgIpc) is 3.35. The first-order valence-electron chi connectivity index (χ1n) is 9.43. The largest absolute Gasteiger partial charge is 0.329 e. The summed E-state index contributed by atoms with van der Waals surface area (Å²) in [6, 6.07) is 0. The number of rotatable bonds is 8. The fourth-order valence-corrected chi connectivity index (χ4v) is 4.11. The Morgan fingerprint density at radius 3 is 2.24 bits per heavy atom. The predicted molar refractivity (Wildman–Crippen MR) is 89.4 cm³/mol. The summed E-state index contributed by atoms with van der Waals surface area (Å²) in [5.41, 5.74) is 6.67. The first-order chi connectivity index (χ1) is 10.3. The molecule has 0 amide bonds. The quantitative estimate of drug-likeness (QED) is 0.747. The van der Waals surface area contributed by atoms with Crippen LogP contribution in [0.5, 0.6) is 0 Å². The van der Waals surface area contributed by atoms with Gasteiger partial charge in [0.25, 0.3) is 0 Å². The zero-order valence-electron chi connectivity index (χ0n) is 14.0. The lowest BCUT2D eigenvalue weighted by Crippen LogP contribution is -2.55. The van der Waals surface area contributed by atoms with Crippen LogP contribution in [-0.4, -0.2) is 54.6 Å². The molecule has 3 fully saturated rings. The Labute approximate surface area is 131 Å². The molecule has 3 heteroatoms. The molecule has 122 valence electrons. The van der Waals surface area contributed by atoms with Crippen molar-refractivity contribution in [3.8, 4) is 0 Å². The summed E-state index contributed by atoms with van der Waals surface area (Å²) in [6.07, 6.45) is 11.1. The maximum absolute atomic E-state index is 6.36. The van der Waals surface area contributed by atoms with Gasteiger partial charge in [-0.25, -0.2) is 0 Å². The topological polar surface area (TPSA) is 32.5 Å². The molecule has 1 unspecified atom stereocenters. The Morgan fingerprint density at radius 1 is 1.05 bits per heavy atom. The molecule has 0 aromatic carbocycles. The van der Waals surface area contributed by atoms with E-state index in [1.165, 1.54) is 84.1 Å². The van der Waals surface area contributed by atoms with Crippen LogP contribution in [0.1, 0.15) is 58.3 Å². The maximum Gasteiger partial charge on any atom is 0.0344 e. The summed E-state index contributed by atoms with van der Waals surface area (Å²) >= 11 is 0. The van der Waals surface area contributed by atoms with Crippen molar-refractivity contribution in [2.24, 2.45) is 17.6 Å². The molecule has 0 radical (unpaired) electrons. The van der Waals surface area contributed by atoms with Crippen molar-refractivity contribution in [1.82, 2.24) is 9.80 Å². The van der Waals surface area contributed by atoms with Crippen molar-refractivity contribution in [1.29, 1.82) is 0 Å². The van der Waals surface area contributed by atoms with Gasteiger partial charge in [0, 0.05) is 25.2 Å². The van der Waals surface area contributed by atoms with E-state index in [2.05, 4.69) is 16.7 Å². The van der Waals surface area contributed by atoms with E-state index < -0.39 is 0 Å². The molecule has 1 atom stereocenters. The van der Waals surface area contributed by atoms with Gasteiger partial charge < -0.3 is 10.6 Å². The molecule has 1 heterocycles. The lowest BCUT2D eigenvalue weighted by Gasteiger charge is -2.44. The zero-order chi connectivity index (χ0) is 14.7. The SMILES string of the molecule is CCCN1CCCC(CN)(N(CC2CC2)CC2CC2)CC1. The smallest absolute Gasteiger partial charge is 0.0344 e. The summed E-state index contributed by atoms with van der Waals surface area (Å²) in [7, 11) is 0. The van der Waals surface area contributed by atoms with Crippen LogP contribution < -0.4 is 5.73 Å². The third kappa shape index (κ3) is 4.20. The third-order valence-electron chi connectivity index (χ3n) is 5.95. The average molecular weight is 293 g/mol. The Bertz CT molecular complexity index is 310. The molecule has 2 aliphatic carbocycles. The normalized spacial score (nSPS) is 31.6. The van der Waals surface area contributed by atoms with Crippen LogP contribution in [0.2, 0.25) is 0 Å². The van der Waals surface area contributed by atoms with Crippen LogP contribution in [0.3, 0.4) is 0 Å². The van der Waals surface area contributed by atoms with E-state index in [4.69, 9.17) is 5.73 Å². The summed E-state index contributed by atoms with van der Waals surface area (Å²) < 4.78 is 0. The predicted octanol–water partition coefficient (Wildman–Crippen LogP) is 2.70. The highest BCUT2D eigenvalue weighted by Crippen LogP contribution is 2.39. The van der Waals surface area contributed by atoms with Crippen LogP contribution in [0.15, 0.2) is 0 Å². The fraction of sp³-hybridized carbons (Fsp3) is 1.00. The summed E-state index contributed by atoms with van der Waals surface area (Å²) in [4.78, 5) is 5.53. The molecule has 3 rings (SSSR count). The standard InChI is InChI=1S/C18H35N3/c1-2-10-20-11-3-8-18(15-19,9-12-20)21(13-16-4-5-16)14-17-6-7-17/h16-17H,2-15,19H2,1H3. The van der Waals surface area contributed by atoms with Gasteiger partial charge in [0.15, 0.2) is 0 Å². The second-order valence-corrected chi connectivity index (χ2v) is 7.92. The van der Waals surface area contributed by atoms with Gasteiger partial charge >= 0.3 is 0 Å². The van der Waals surface area contributed by atoms with Gasteiger partial charge in [0.05, 0.1) is 0 Å². The Morgan fingerprint density at radius 2 is 1.71 bits per heavy atom. The van der Waals surface area contributed by atoms with E-state index >= 15 is 0 Å². The minimum atomic E-state index is 0.313. The van der Waals surface area contributed by atoms with E-state index in [1.54, 1.807) is 0 Å². The monoisotopic (exact) mass is 293 g/mol. The van der Waals surface area contributed by atoms with Crippen molar-refractivity contribution in [3.63, 3.8) is 0 Å². The number of nitrogens with zero attached hydrogens (tertiary/aromatic N) is 2. The first kappa shape index (κ1) is 15.8. The lowest BCUT2D eigenvalue weighted by molar-refractivity contribution is 0.0676. The summed E-state index contributed by atoms with van der Waals surface area (Å²) in [5.74, 6) is 1.98. The Hall–Kier alpha value is -0.120. The Balaban J connectivity index is 1.65. The molecule has 0 aromatic rings. The zero-order valence-corrected chi connectivity index (χ0v) is 14.0. The molecule has 0 spiro atoms. The van der Waals surface area contributed by atoms with Crippen LogP contribution in [0, 0.1) is 11.8 Å². The van der Waals surface area contributed by atoms with Crippen molar-refractivity contribution in [3.05, 3.63) is 0 Å². The van der Waals surface area contributed by atoms with Crippen LogP contribution in [-0.2, 0) is 0 Å². The minimum absolute atomic E-state index is 0.313. The van der Waals surface area contributed by atoms with Gasteiger partial charge in [0.2, 0.25) is 0 Å². The van der Waals surface area contributed by atoms with Gasteiger partial charge in [-0.3, -0.25) is 4.90 Å². The molecule has 2 saturated carbocycles. The van der Waals surface area contributed by atoms with Gasteiger partial charge in [-0.05, 0) is 82.8 Å². The van der Waals surface area contributed by atoms with Crippen LogP contribution in [0.25, 0.3) is 0 Å². The molecule has 2 N–H and O–H groups in total. The highest BCUT2D eigenvalue weighted by molar-refractivity contribution is 4.98. The molecular weight excluding hydrogens is 258 g/mol. The number of hydrogen-bond donors (Lipinski definition) is 1. The molecule has 1 aliphatic heterocycles. The van der Waals surface area contributed by atoms with Gasteiger partial charge in [-0.2, -0.15) is 0 Å². The molecule has 21 heavy (non-hydrogen) atoms. The van der Waals surface area contributed by atoms with Gasteiger partial charge in [-0.15, -0.1) is 0 Å². The number of nitrogens with two attached hydrogens (primary N) is 1. The van der Waals surface area contributed by atoms with Crippen molar-refractivity contribution < 1.29 is 0 Å². The second kappa shape index (κ2) is 6.97. The second-order valence-electron chi connectivity index (χ2n) is 7.92. The molecule has 1 saturated heterocycles. The summed E-state index contributed by atoms with van der Waals surface area (Å²) in [5, 5.41) is 0. The molecule has 3 nitrogen and oxygen atoms in total. The number of hydrogen-bond acceptors (Lipinski definition) is 3. The van der Waals surface area contributed by atoms with E-state index in [-0.39, 0.29) is 0 Å².